The molecule has 2 heteroatoms. The Kier molecular flexibility index (Phi) is 9.53. The molecular formula is C12H23ClO. The monoisotopic (exact) mass is 218 g/mol. The van der Waals surface area contributed by atoms with Gasteiger partial charge in [0.05, 0.1) is 11.5 Å². The second kappa shape index (κ2) is 9.54. The first-order valence-electron chi connectivity index (χ1n) is 5.67. The van der Waals surface area contributed by atoms with Crippen LogP contribution in [0.25, 0.3) is 0 Å². The maximum absolute atomic E-state index is 9.52. The molecule has 1 nitrogen and oxygen atoms in total. The normalized spacial score (nSPS) is 15.1. The van der Waals surface area contributed by atoms with Gasteiger partial charge in [-0.05, 0) is 6.42 Å². The minimum atomic E-state index is -0.416. The summed E-state index contributed by atoms with van der Waals surface area (Å²) >= 11 is 5.81. The highest BCUT2D eigenvalue weighted by Gasteiger charge is 2.11. The van der Waals surface area contributed by atoms with Gasteiger partial charge in [-0.15, -0.1) is 18.2 Å². The van der Waals surface area contributed by atoms with Gasteiger partial charge in [0.1, 0.15) is 0 Å². The summed E-state index contributed by atoms with van der Waals surface area (Å²) in [6, 6.07) is 0. The van der Waals surface area contributed by atoms with Gasteiger partial charge < -0.3 is 5.11 Å². The number of rotatable bonds is 9. The van der Waals surface area contributed by atoms with Crippen LogP contribution in [0.1, 0.15) is 51.9 Å². The van der Waals surface area contributed by atoms with Crippen molar-refractivity contribution in [2.75, 3.05) is 0 Å². The van der Waals surface area contributed by atoms with Crippen LogP contribution < -0.4 is 0 Å². The lowest BCUT2D eigenvalue weighted by Gasteiger charge is -2.12. The van der Waals surface area contributed by atoms with Crippen LogP contribution in [-0.4, -0.2) is 16.6 Å². The first-order chi connectivity index (χ1) is 6.72. The lowest BCUT2D eigenvalue weighted by atomic mass is 10.1. The molecule has 0 amide bonds. The van der Waals surface area contributed by atoms with Crippen LogP contribution in [0.2, 0.25) is 0 Å². The van der Waals surface area contributed by atoms with E-state index in [0.717, 1.165) is 12.8 Å². The second-order valence-electron chi connectivity index (χ2n) is 3.80. The Labute approximate surface area is 93.2 Å². The maximum Gasteiger partial charge on any atom is 0.0772 e. The standard InChI is InChI=1S/C12H23ClO/c1-3-5-6-7-8-9-10-12(14)11(13)4-2/h4,11-12,14H,2-3,5-10H2,1H3/t11-,12-/m1/s1. The van der Waals surface area contributed by atoms with Crippen molar-refractivity contribution in [3.63, 3.8) is 0 Å². The quantitative estimate of drug-likeness (QED) is 0.354. The summed E-state index contributed by atoms with van der Waals surface area (Å²) < 4.78 is 0. The van der Waals surface area contributed by atoms with Gasteiger partial charge in [-0.1, -0.05) is 51.5 Å². The molecule has 0 aromatic rings. The van der Waals surface area contributed by atoms with E-state index >= 15 is 0 Å². The van der Waals surface area contributed by atoms with E-state index in [4.69, 9.17) is 11.6 Å². The summed E-state index contributed by atoms with van der Waals surface area (Å²) in [7, 11) is 0. The molecule has 0 rings (SSSR count). The van der Waals surface area contributed by atoms with Crippen molar-refractivity contribution >= 4 is 11.6 Å². The van der Waals surface area contributed by atoms with E-state index in [1.807, 2.05) is 0 Å². The topological polar surface area (TPSA) is 20.2 Å². The van der Waals surface area contributed by atoms with Crippen molar-refractivity contribution in [2.45, 2.75) is 63.4 Å². The number of hydrogen-bond donors (Lipinski definition) is 1. The molecule has 0 fully saturated rings. The third kappa shape index (κ3) is 7.40. The highest BCUT2D eigenvalue weighted by Crippen LogP contribution is 2.13. The Balaban J connectivity index is 3.22. The van der Waals surface area contributed by atoms with Crippen molar-refractivity contribution in [3.05, 3.63) is 12.7 Å². The lowest BCUT2D eigenvalue weighted by molar-refractivity contribution is 0.167. The summed E-state index contributed by atoms with van der Waals surface area (Å²) in [4.78, 5) is 0. The zero-order valence-corrected chi connectivity index (χ0v) is 9.97. The molecule has 84 valence electrons. The predicted molar refractivity (Wildman–Crippen MR) is 63.8 cm³/mol. The summed E-state index contributed by atoms with van der Waals surface area (Å²) in [5.74, 6) is 0. The molecule has 14 heavy (non-hydrogen) atoms. The van der Waals surface area contributed by atoms with Gasteiger partial charge in [-0.2, -0.15) is 0 Å². The molecule has 0 aromatic carbocycles. The molecule has 0 aliphatic heterocycles. The van der Waals surface area contributed by atoms with Crippen LogP contribution in [0, 0.1) is 0 Å². The van der Waals surface area contributed by atoms with Crippen LogP contribution >= 0.6 is 11.6 Å². The van der Waals surface area contributed by atoms with Crippen LogP contribution in [0.5, 0.6) is 0 Å². The van der Waals surface area contributed by atoms with E-state index < -0.39 is 6.10 Å². The smallest absolute Gasteiger partial charge is 0.0772 e. The third-order valence-electron chi connectivity index (χ3n) is 2.45. The Hall–Kier alpha value is -0.0100. The zero-order valence-electron chi connectivity index (χ0n) is 9.21. The number of alkyl halides is 1. The fourth-order valence-corrected chi connectivity index (χ4v) is 1.58. The van der Waals surface area contributed by atoms with E-state index in [1.165, 1.54) is 32.1 Å². The number of aliphatic hydroxyl groups is 1. The summed E-state index contributed by atoms with van der Waals surface area (Å²) in [6.45, 7) is 5.77. The summed E-state index contributed by atoms with van der Waals surface area (Å²) in [5.41, 5.74) is 0. The third-order valence-corrected chi connectivity index (χ3v) is 2.92. The van der Waals surface area contributed by atoms with Crippen molar-refractivity contribution in [2.24, 2.45) is 0 Å². The van der Waals surface area contributed by atoms with E-state index in [9.17, 15) is 5.11 Å². The predicted octanol–water partition coefficient (Wildman–Crippen LogP) is 3.89. The van der Waals surface area contributed by atoms with Crippen LogP contribution in [0.4, 0.5) is 0 Å². The highest BCUT2D eigenvalue weighted by atomic mass is 35.5. The molecule has 0 saturated carbocycles. The van der Waals surface area contributed by atoms with Crippen LogP contribution in [0.3, 0.4) is 0 Å². The van der Waals surface area contributed by atoms with Gasteiger partial charge in [0, 0.05) is 0 Å². The maximum atomic E-state index is 9.52. The van der Waals surface area contributed by atoms with Gasteiger partial charge in [-0.25, -0.2) is 0 Å². The van der Waals surface area contributed by atoms with Gasteiger partial charge in [0.25, 0.3) is 0 Å². The zero-order chi connectivity index (χ0) is 10.8. The summed E-state index contributed by atoms with van der Waals surface area (Å²) in [6.07, 6.45) is 9.46. The first kappa shape index (κ1) is 14.0. The Morgan fingerprint density at radius 3 is 2.36 bits per heavy atom. The van der Waals surface area contributed by atoms with E-state index in [1.54, 1.807) is 6.08 Å². The Morgan fingerprint density at radius 2 is 1.79 bits per heavy atom. The molecule has 0 unspecified atom stereocenters. The average molecular weight is 219 g/mol. The van der Waals surface area contributed by atoms with Crippen molar-refractivity contribution in [3.8, 4) is 0 Å². The minimum absolute atomic E-state index is 0.286. The fraction of sp³-hybridized carbons (Fsp3) is 0.833. The molecule has 0 aliphatic rings. The average Bonchev–Trinajstić information content (AvgIpc) is 2.21. The number of hydrogen-bond acceptors (Lipinski definition) is 1. The number of aliphatic hydroxyl groups excluding tert-OH is 1. The summed E-state index contributed by atoms with van der Waals surface area (Å²) in [5, 5.41) is 9.23. The van der Waals surface area contributed by atoms with Gasteiger partial charge in [0.2, 0.25) is 0 Å². The second-order valence-corrected chi connectivity index (χ2v) is 4.31. The van der Waals surface area contributed by atoms with Crippen molar-refractivity contribution in [1.29, 1.82) is 0 Å². The molecule has 1 N–H and O–H groups in total. The largest absolute Gasteiger partial charge is 0.391 e. The van der Waals surface area contributed by atoms with Gasteiger partial charge >= 0.3 is 0 Å². The number of halogens is 1. The fourth-order valence-electron chi connectivity index (χ4n) is 1.45. The van der Waals surface area contributed by atoms with Crippen LogP contribution in [-0.2, 0) is 0 Å². The molecule has 2 atom stereocenters. The molecule has 0 heterocycles. The van der Waals surface area contributed by atoms with E-state index in [2.05, 4.69) is 13.5 Å². The molecular weight excluding hydrogens is 196 g/mol. The Morgan fingerprint density at radius 1 is 1.21 bits per heavy atom. The van der Waals surface area contributed by atoms with Crippen molar-refractivity contribution in [1.82, 2.24) is 0 Å². The van der Waals surface area contributed by atoms with E-state index in [-0.39, 0.29) is 5.38 Å². The minimum Gasteiger partial charge on any atom is -0.391 e. The van der Waals surface area contributed by atoms with Crippen molar-refractivity contribution < 1.29 is 5.11 Å². The van der Waals surface area contributed by atoms with Gasteiger partial charge in [-0.3, -0.25) is 0 Å². The molecule has 0 radical (unpaired) electrons. The number of unbranched alkanes of at least 4 members (excludes halogenated alkanes) is 5. The molecule has 0 aliphatic carbocycles. The highest BCUT2D eigenvalue weighted by molar-refractivity contribution is 6.22. The van der Waals surface area contributed by atoms with Gasteiger partial charge in [0.15, 0.2) is 0 Å². The first-order valence-corrected chi connectivity index (χ1v) is 6.10. The lowest BCUT2D eigenvalue weighted by Crippen LogP contribution is -2.18. The molecule has 0 bridgehead atoms. The molecule has 0 spiro atoms. The molecule has 0 saturated heterocycles. The van der Waals surface area contributed by atoms with Crippen LogP contribution in [0.15, 0.2) is 12.7 Å². The SMILES string of the molecule is C=C[C@@H](Cl)[C@H](O)CCCCCCCC. The molecule has 0 aromatic heterocycles. The van der Waals surface area contributed by atoms with E-state index in [0.29, 0.717) is 0 Å². The Bertz CT molecular complexity index is 136.